The lowest BCUT2D eigenvalue weighted by Gasteiger charge is -2.27. The summed E-state index contributed by atoms with van der Waals surface area (Å²) in [5.74, 6) is -0.00134. The number of rotatable bonds is 6. The topological polar surface area (TPSA) is 55.1 Å². The van der Waals surface area contributed by atoms with Gasteiger partial charge in [0.25, 0.3) is 0 Å². The molecule has 1 atom stereocenters. The molecule has 0 fully saturated rings. The predicted octanol–water partition coefficient (Wildman–Crippen LogP) is 3.94. The van der Waals surface area contributed by atoms with Crippen LogP contribution in [0.2, 0.25) is 10.0 Å². The average Bonchev–Trinajstić information content (AvgIpc) is 2.33. The van der Waals surface area contributed by atoms with Gasteiger partial charge in [-0.05, 0) is 31.0 Å². The van der Waals surface area contributed by atoms with E-state index in [1.807, 2.05) is 39.0 Å². The van der Waals surface area contributed by atoms with Crippen molar-refractivity contribution in [3.05, 3.63) is 33.8 Å². The summed E-state index contributed by atoms with van der Waals surface area (Å²) in [6.07, 6.45) is 1.11. The molecule has 0 aliphatic rings. The summed E-state index contributed by atoms with van der Waals surface area (Å²) in [6.45, 7) is 6.38. The van der Waals surface area contributed by atoms with Gasteiger partial charge < -0.3 is 11.1 Å². The van der Waals surface area contributed by atoms with E-state index in [0.29, 0.717) is 29.4 Å². The molecule has 3 N–H and O–H groups in total. The van der Waals surface area contributed by atoms with Crippen molar-refractivity contribution >= 4 is 41.5 Å². The smallest absolute Gasteiger partial charge is 0.220 e. The van der Waals surface area contributed by atoms with Gasteiger partial charge in [0.1, 0.15) is 0 Å². The van der Waals surface area contributed by atoms with E-state index in [1.54, 1.807) is 0 Å². The van der Waals surface area contributed by atoms with Crippen LogP contribution < -0.4 is 11.1 Å². The molecule has 1 rings (SSSR count). The van der Waals surface area contributed by atoms with Crippen LogP contribution in [0.3, 0.4) is 0 Å². The molecular formula is C15H23Cl3N2O. The van der Waals surface area contributed by atoms with Gasteiger partial charge in [0, 0.05) is 34.5 Å². The van der Waals surface area contributed by atoms with Gasteiger partial charge in [-0.25, -0.2) is 0 Å². The Hall–Kier alpha value is -0.480. The van der Waals surface area contributed by atoms with Crippen LogP contribution in [-0.2, 0) is 10.2 Å². The van der Waals surface area contributed by atoms with Crippen LogP contribution in [0.5, 0.6) is 0 Å². The minimum atomic E-state index is -0.334. The molecule has 1 amide bonds. The normalized spacial score (nSPS) is 12.5. The summed E-state index contributed by atoms with van der Waals surface area (Å²) < 4.78 is 0. The van der Waals surface area contributed by atoms with E-state index < -0.39 is 0 Å². The molecule has 0 bridgehead atoms. The number of hydrogen-bond acceptors (Lipinski definition) is 2. The van der Waals surface area contributed by atoms with Crippen molar-refractivity contribution in [2.75, 3.05) is 6.54 Å². The Bertz CT molecular complexity index is 456. The zero-order valence-electron chi connectivity index (χ0n) is 12.6. The van der Waals surface area contributed by atoms with Crippen LogP contribution in [0.4, 0.5) is 0 Å². The van der Waals surface area contributed by atoms with Crippen LogP contribution in [0.1, 0.15) is 39.2 Å². The number of nitrogens with one attached hydrogen (secondary N) is 1. The van der Waals surface area contributed by atoms with Crippen molar-refractivity contribution in [2.45, 2.75) is 45.1 Å². The van der Waals surface area contributed by atoms with E-state index in [9.17, 15) is 4.79 Å². The lowest BCUT2D eigenvalue weighted by molar-refractivity contribution is -0.121. The first-order valence-electron chi connectivity index (χ1n) is 6.71. The van der Waals surface area contributed by atoms with Crippen LogP contribution in [-0.4, -0.2) is 18.5 Å². The van der Waals surface area contributed by atoms with Crippen LogP contribution in [0.15, 0.2) is 18.2 Å². The molecule has 0 saturated carbocycles. The van der Waals surface area contributed by atoms with E-state index in [-0.39, 0.29) is 29.8 Å². The molecule has 3 nitrogen and oxygen atoms in total. The molecule has 0 aliphatic carbocycles. The molecule has 1 aromatic carbocycles. The molecule has 120 valence electrons. The lowest BCUT2D eigenvalue weighted by atomic mass is 9.84. The highest BCUT2D eigenvalue weighted by atomic mass is 35.5. The summed E-state index contributed by atoms with van der Waals surface area (Å²) in [7, 11) is 0. The maximum Gasteiger partial charge on any atom is 0.220 e. The zero-order valence-corrected chi connectivity index (χ0v) is 14.9. The fourth-order valence-corrected chi connectivity index (χ4v) is 2.91. The second kappa shape index (κ2) is 8.84. The highest BCUT2D eigenvalue weighted by Crippen LogP contribution is 2.35. The average molecular weight is 354 g/mol. The van der Waals surface area contributed by atoms with E-state index in [2.05, 4.69) is 5.32 Å². The molecule has 1 aromatic rings. The Morgan fingerprint density at radius 3 is 2.33 bits per heavy atom. The van der Waals surface area contributed by atoms with Crippen LogP contribution >= 0.6 is 35.6 Å². The SMILES string of the molecule is CC(N)CCC(=O)NCC(C)(C)c1c(Cl)cccc1Cl.Cl. The second-order valence-corrected chi connectivity index (χ2v) is 6.59. The largest absolute Gasteiger partial charge is 0.355 e. The minimum absolute atomic E-state index is 0. The number of halogens is 3. The molecule has 0 spiro atoms. The van der Waals surface area contributed by atoms with E-state index in [4.69, 9.17) is 28.9 Å². The maximum absolute atomic E-state index is 11.8. The minimum Gasteiger partial charge on any atom is -0.355 e. The Morgan fingerprint density at radius 1 is 1.33 bits per heavy atom. The van der Waals surface area contributed by atoms with Gasteiger partial charge in [-0.2, -0.15) is 0 Å². The number of nitrogens with two attached hydrogens (primary N) is 1. The second-order valence-electron chi connectivity index (χ2n) is 5.77. The highest BCUT2D eigenvalue weighted by molar-refractivity contribution is 6.36. The quantitative estimate of drug-likeness (QED) is 0.814. The van der Waals surface area contributed by atoms with Crippen molar-refractivity contribution in [3.63, 3.8) is 0 Å². The monoisotopic (exact) mass is 352 g/mol. The maximum atomic E-state index is 11.8. The standard InChI is InChI=1S/C15H22Cl2N2O.ClH/c1-10(18)7-8-13(20)19-9-15(2,3)14-11(16)5-4-6-12(14)17;/h4-6,10H,7-9,18H2,1-3H3,(H,19,20);1H. The summed E-state index contributed by atoms with van der Waals surface area (Å²) in [5.41, 5.74) is 6.16. The molecular weight excluding hydrogens is 331 g/mol. The number of hydrogen-bond donors (Lipinski definition) is 2. The first kappa shape index (κ1) is 20.5. The van der Waals surface area contributed by atoms with Crippen molar-refractivity contribution in [1.29, 1.82) is 0 Å². The first-order valence-corrected chi connectivity index (χ1v) is 7.46. The van der Waals surface area contributed by atoms with Crippen molar-refractivity contribution in [2.24, 2.45) is 5.73 Å². The number of benzene rings is 1. The fraction of sp³-hybridized carbons (Fsp3) is 0.533. The Morgan fingerprint density at radius 2 is 1.86 bits per heavy atom. The summed E-state index contributed by atoms with van der Waals surface area (Å²) in [4.78, 5) is 11.8. The highest BCUT2D eigenvalue weighted by Gasteiger charge is 2.26. The van der Waals surface area contributed by atoms with Gasteiger partial charge in [0.2, 0.25) is 5.91 Å². The van der Waals surface area contributed by atoms with E-state index >= 15 is 0 Å². The molecule has 0 saturated heterocycles. The molecule has 0 heterocycles. The van der Waals surface area contributed by atoms with Crippen molar-refractivity contribution in [1.82, 2.24) is 5.32 Å². The Labute approximate surface area is 143 Å². The molecule has 0 aliphatic heterocycles. The number of amides is 1. The van der Waals surface area contributed by atoms with E-state index in [1.165, 1.54) is 0 Å². The molecule has 21 heavy (non-hydrogen) atoms. The third kappa shape index (κ3) is 6.43. The van der Waals surface area contributed by atoms with Gasteiger partial charge in [-0.1, -0.05) is 43.1 Å². The van der Waals surface area contributed by atoms with Crippen LogP contribution in [0, 0.1) is 0 Å². The van der Waals surface area contributed by atoms with Gasteiger partial charge in [0.15, 0.2) is 0 Å². The van der Waals surface area contributed by atoms with E-state index in [0.717, 1.165) is 5.56 Å². The van der Waals surface area contributed by atoms with Crippen LogP contribution in [0.25, 0.3) is 0 Å². The third-order valence-electron chi connectivity index (χ3n) is 3.19. The number of carbonyl (C=O) groups is 1. The molecule has 1 unspecified atom stereocenters. The van der Waals surface area contributed by atoms with Gasteiger partial charge >= 0.3 is 0 Å². The lowest BCUT2D eigenvalue weighted by Crippen LogP contribution is -2.37. The molecule has 0 radical (unpaired) electrons. The Balaban J connectivity index is 0.00000400. The first-order chi connectivity index (χ1) is 9.24. The summed E-state index contributed by atoms with van der Waals surface area (Å²) in [6, 6.07) is 5.46. The zero-order chi connectivity index (χ0) is 15.3. The Kier molecular flexibility index (Phi) is 8.64. The van der Waals surface area contributed by atoms with Gasteiger partial charge in [0.05, 0.1) is 0 Å². The molecule has 6 heteroatoms. The van der Waals surface area contributed by atoms with Crippen molar-refractivity contribution < 1.29 is 4.79 Å². The number of carbonyl (C=O) groups excluding carboxylic acids is 1. The van der Waals surface area contributed by atoms with Gasteiger partial charge in [-0.15, -0.1) is 12.4 Å². The fourth-order valence-electron chi connectivity index (χ4n) is 2.00. The molecule has 0 aromatic heterocycles. The predicted molar refractivity (Wildman–Crippen MR) is 92.6 cm³/mol. The summed E-state index contributed by atoms with van der Waals surface area (Å²) in [5, 5.41) is 4.16. The summed E-state index contributed by atoms with van der Waals surface area (Å²) >= 11 is 12.4. The van der Waals surface area contributed by atoms with Gasteiger partial charge in [-0.3, -0.25) is 4.79 Å². The third-order valence-corrected chi connectivity index (χ3v) is 3.82. The van der Waals surface area contributed by atoms with Crippen molar-refractivity contribution in [3.8, 4) is 0 Å².